The maximum absolute atomic E-state index is 9.02. The van der Waals surface area contributed by atoms with E-state index < -0.39 is 0 Å². The van der Waals surface area contributed by atoms with Crippen LogP contribution in [0.1, 0.15) is 32.1 Å². The molecule has 0 unspecified atom stereocenters. The molecule has 2 rings (SSSR count). The van der Waals surface area contributed by atoms with E-state index in [1.165, 1.54) is 6.42 Å². The summed E-state index contributed by atoms with van der Waals surface area (Å²) in [6.07, 6.45) is 5.61. The van der Waals surface area contributed by atoms with E-state index in [-0.39, 0.29) is 11.6 Å². The smallest absolute Gasteiger partial charge is 0.125 e. The lowest BCUT2D eigenvalue weighted by Gasteiger charge is -2.43. The van der Waals surface area contributed by atoms with Gasteiger partial charge in [-0.2, -0.15) is 5.26 Å². The van der Waals surface area contributed by atoms with Crippen molar-refractivity contribution in [1.29, 1.82) is 5.26 Å². The largest absolute Gasteiger partial charge is 0.372 e. The van der Waals surface area contributed by atoms with E-state index in [0.29, 0.717) is 0 Å². The van der Waals surface area contributed by atoms with Gasteiger partial charge in [-0.25, -0.2) is 0 Å². The van der Waals surface area contributed by atoms with Crippen molar-refractivity contribution in [3.05, 3.63) is 0 Å². The molecule has 0 aromatic heterocycles. The molecule has 2 atom stereocenters. The third kappa shape index (κ3) is 1.56. The second-order valence-electron chi connectivity index (χ2n) is 3.99. The van der Waals surface area contributed by atoms with Crippen LogP contribution in [0.3, 0.4) is 0 Å². The zero-order valence-corrected chi connectivity index (χ0v) is 7.88. The second kappa shape index (κ2) is 3.65. The maximum Gasteiger partial charge on any atom is 0.125 e. The zero-order chi connectivity index (χ0) is 9.15. The van der Waals surface area contributed by atoms with E-state index >= 15 is 0 Å². The number of rotatable bonds is 0. The van der Waals surface area contributed by atoms with Crippen molar-refractivity contribution in [2.45, 2.75) is 43.7 Å². The zero-order valence-electron chi connectivity index (χ0n) is 7.88. The van der Waals surface area contributed by atoms with Crippen LogP contribution in [-0.2, 0) is 4.74 Å². The third-order valence-corrected chi connectivity index (χ3v) is 3.16. The van der Waals surface area contributed by atoms with E-state index in [0.717, 1.165) is 38.8 Å². The van der Waals surface area contributed by atoms with Gasteiger partial charge in [-0.15, -0.1) is 0 Å². The monoisotopic (exact) mass is 180 g/mol. The molecule has 0 amide bonds. The highest BCUT2D eigenvalue weighted by molar-refractivity contribution is 5.08. The van der Waals surface area contributed by atoms with Crippen molar-refractivity contribution in [2.24, 2.45) is 0 Å². The predicted octanol–water partition coefficient (Wildman–Crippen LogP) is 1.20. The van der Waals surface area contributed by atoms with Crippen LogP contribution in [0.5, 0.6) is 0 Å². The first kappa shape index (κ1) is 8.98. The van der Waals surface area contributed by atoms with Crippen LogP contribution in [0.4, 0.5) is 0 Å². The van der Waals surface area contributed by atoms with Gasteiger partial charge in [0, 0.05) is 6.61 Å². The summed E-state index contributed by atoms with van der Waals surface area (Å²) >= 11 is 0. The van der Waals surface area contributed by atoms with Gasteiger partial charge in [-0.3, -0.25) is 5.32 Å². The van der Waals surface area contributed by atoms with Gasteiger partial charge >= 0.3 is 0 Å². The Morgan fingerprint density at radius 1 is 1.31 bits per heavy atom. The standard InChI is InChI=1S/C10H16N2O/c11-8-9-10(5-3-6-12-9)4-1-2-7-13-10/h9,12H,1-7H2/t9-,10+/m1/s1. The Hall–Kier alpha value is -0.590. The molecule has 1 spiro atoms. The van der Waals surface area contributed by atoms with Crippen LogP contribution in [0.25, 0.3) is 0 Å². The molecule has 2 aliphatic heterocycles. The molecule has 3 nitrogen and oxygen atoms in total. The Balaban J connectivity index is 2.11. The minimum atomic E-state index is -0.148. The lowest BCUT2D eigenvalue weighted by atomic mass is 9.80. The van der Waals surface area contributed by atoms with Crippen molar-refractivity contribution < 1.29 is 4.74 Å². The molecule has 72 valence electrons. The fraction of sp³-hybridized carbons (Fsp3) is 0.900. The predicted molar refractivity (Wildman–Crippen MR) is 49.2 cm³/mol. The topological polar surface area (TPSA) is 45.0 Å². The van der Waals surface area contributed by atoms with E-state index in [1.54, 1.807) is 0 Å². The van der Waals surface area contributed by atoms with Gasteiger partial charge in [0.2, 0.25) is 0 Å². The average Bonchev–Trinajstić information content (AvgIpc) is 2.20. The number of nitrogens with zero attached hydrogens (tertiary/aromatic N) is 1. The summed E-state index contributed by atoms with van der Waals surface area (Å²) in [4.78, 5) is 0. The van der Waals surface area contributed by atoms with Crippen molar-refractivity contribution in [3.8, 4) is 6.07 Å². The summed E-state index contributed by atoms with van der Waals surface area (Å²) in [5, 5.41) is 12.3. The molecular formula is C10H16N2O. The van der Waals surface area contributed by atoms with Crippen LogP contribution >= 0.6 is 0 Å². The molecule has 0 radical (unpaired) electrons. The normalized spacial score (nSPS) is 40.1. The van der Waals surface area contributed by atoms with Crippen LogP contribution in [0.2, 0.25) is 0 Å². The van der Waals surface area contributed by atoms with Gasteiger partial charge < -0.3 is 4.74 Å². The van der Waals surface area contributed by atoms with Crippen LogP contribution in [0, 0.1) is 11.3 Å². The first-order valence-corrected chi connectivity index (χ1v) is 5.14. The lowest BCUT2D eigenvalue weighted by Crippen LogP contribution is -2.56. The van der Waals surface area contributed by atoms with E-state index in [1.807, 2.05) is 0 Å². The van der Waals surface area contributed by atoms with Gasteiger partial charge in [-0.1, -0.05) is 0 Å². The summed E-state index contributed by atoms with van der Waals surface area (Å²) < 4.78 is 5.82. The fourth-order valence-electron chi connectivity index (χ4n) is 2.43. The first-order valence-electron chi connectivity index (χ1n) is 5.14. The van der Waals surface area contributed by atoms with E-state index in [4.69, 9.17) is 10.00 Å². The van der Waals surface area contributed by atoms with Crippen LogP contribution in [-0.4, -0.2) is 24.8 Å². The SMILES string of the molecule is N#C[C@H]1NCCC[C@@]12CCCCO2. The maximum atomic E-state index is 9.02. The van der Waals surface area contributed by atoms with Gasteiger partial charge in [-0.05, 0) is 38.6 Å². The number of nitrogens with one attached hydrogen (secondary N) is 1. The van der Waals surface area contributed by atoms with Crippen molar-refractivity contribution in [3.63, 3.8) is 0 Å². The molecule has 2 saturated heterocycles. The molecule has 0 aromatic rings. The Kier molecular flexibility index (Phi) is 2.52. The van der Waals surface area contributed by atoms with Gasteiger partial charge in [0.05, 0.1) is 11.7 Å². The Labute approximate surface area is 79.1 Å². The molecule has 2 aliphatic rings. The van der Waals surface area contributed by atoms with E-state index in [2.05, 4.69) is 11.4 Å². The molecule has 0 bridgehead atoms. The van der Waals surface area contributed by atoms with Crippen molar-refractivity contribution >= 4 is 0 Å². The molecule has 0 saturated carbocycles. The minimum absolute atomic E-state index is 0.0819. The van der Waals surface area contributed by atoms with E-state index in [9.17, 15) is 0 Å². The number of nitriles is 1. The lowest BCUT2D eigenvalue weighted by molar-refractivity contribution is -0.105. The second-order valence-corrected chi connectivity index (χ2v) is 3.99. The molecule has 2 heterocycles. The Bertz CT molecular complexity index is 207. The molecule has 2 fully saturated rings. The van der Waals surface area contributed by atoms with Crippen LogP contribution in [0.15, 0.2) is 0 Å². The number of hydrogen-bond donors (Lipinski definition) is 1. The summed E-state index contributed by atoms with van der Waals surface area (Å²) in [5.41, 5.74) is -0.148. The number of piperidine rings is 1. The van der Waals surface area contributed by atoms with Crippen molar-refractivity contribution in [1.82, 2.24) is 5.32 Å². The number of ether oxygens (including phenoxy) is 1. The third-order valence-electron chi connectivity index (χ3n) is 3.16. The molecule has 13 heavy (non-hydrogen) atoms. The molecule has 0 aromatic carbocycles. The molecule has 1 N–H and O–H groups in total. The molecular weight excluding hydrogens is 164 g/mol. The summed E-state index contributed by atoms with van der Waals surface area (Å²) in [6.45, 7) is 1.79. The fourth-order valence-corrected chi connectivity index (χ4v) is 2.43. The summed E-state index contributed by atoms with van der Waals surface area (Å²) in [7, 11) is 0. The van der Waals surface area contributed by atoms with Gasteiger partial charge in [0.25, 0.3) is 0 Å². The highest BCUT2D eigenvalue weighted by Crippen LogP contribution is 2.34. The molecule has 0 aliphatic carbocycles. The summed E-state index contributed by atoms with van der Waals surface area (Å²) in [5.74, 6) is 0. The quantitative estimate of drug-likeness (QED) is 0.609. The highest BCUT2D eigenvalue weighted by Gasteiger charge is 2.42. The average molecular weight is 180 g/mol. The van der Waals surface area contributed by atoms with Gasteiger partial charge in [0.1, 0.15) is 6.04 Å². The Morgan fingerprint density at radius 3 is 2.85 bits per heavy atom. The highest BCUT2D eigenvalue weighted by atomic mass is 16.5. The molecule has 3 heteroatoms. The number of hydrogen-bond acceptors (Lipinski definition) is 3. The van der Waals surface area contributed by atoms with Crippen molar-refractivity contribution in [2.75, 3.05) is 13.2 Å². The first-order chi connectivity index (χ1) is 6.37. The summed E-state index contributed by atoms with van der Waals surface area (Å²) in [6, 6.07) is 2.25. The minimum Gasteiger partial charge on any atom is -0.372 e. The van der Waals surface area contributed by atoms with Crippen LogP contribution < -0.4 is 5.32 Å². The van der Waals surface area contributed by atoms with Gasteiger partial charge in [0.15, 0.2) is 0 Å². The Morgan fingerprint density at radius 2 is 2.15 bits per heavy atom.